The lowest BCUT2D eigenvalue weighted by Gasteiger charge is -2.19. The Morgan fingerprint density at radius 1 is 1.10 bits per heavy atom. The van der Waals surface area contributed by atoms with Crippen LogP contribution in [0.4, 0.5) is 4.79 Å². The first-order valence-corrected chi connectivity index (χ1v) is 10.9. The average molecular weight is 416 g/mol. The molecule has 0 saturated carbocycles. The molecule has 0 bridgehead atoms. The molecule has 0 fully saturated rings. The standard InChI is InChI=1S/C20H25N5O3S/c1-4-24(5-2)29(27,28)17-12-10-16(11-13-17)15(3)22-20(26)23-25-14-21-18-8-6-7-9-19(18)25/h6-15H,4-5H2,1-3H3,(H2,22,23,26)/t15-/m0/s1. The number of carbonyl (C=O) groups excluding carboxylic acids is 1. The van der Waals surface area contributed by atoms with E-state index in [2.05, 4.69) is 15.7 Å². The van der Waals surface area contributed by atoms with Gasteiger partial charge < -0.3 is 5.32 Å². The van der Waals surface area contributed by atoms with E-state index in [0.717, 1.165) is 16.6 Å². The highest BCUT2D eigenvalue weighted by atomic mass is 32.2. The van der Waals surface area contributed by atoms with Crippen LogP contribution in [0.3, 0.4) is 0 Å². The molecule has 29 heavy (non-hydrogen) atoms. The lowest BCUT2D eigenvalue weighted by Crippen LogP contribution is -2.35. The van der Waals surface area contributed by atoms with Gasteiger partial charge >= 0.3 is 6.03 Å². The zero-order valence-corrected chi connectivity index (χ0v) is 17.5. The van der Waals surface area contributed by atoms with E-state index in [4.69, 9.17) is 0 Å². The Morgan fingerprint density at radius 3 is 2.41 bits per heavy atom. The van der Waals surface area contributed by atoms with E-state index in [-0.39, 0.29) is 17.0 Å². The molecule has 2 N–H and O–H groups in total. The number of hydrogen-bond donors (Lipinski definition) is 2. The molecule has 2 amide bonds. The number of rotatable bonds is 7. The van der Waals surface area contributed by atoms with Crippen molar-refractivity contribution < 1.29 is 13.2 Å². The summed E-state index contributed by atoms with van der Waals surface area (Å²) in [6.07, 6.45) is 1.54. The molecule has 0 radical (unpaired) electrons. The summed E-state index contributed by atoms with van der Waals surface area (Å²) in [5, 5.41) is 2.84. The topological polar surface area (TPSA) is 96.3 Å². The molecular weight excluding hydrogens is 390 g/mol. The van der Waals surface area contributed by atoms with Crippen LogP contribution in [0, 0.1) is 0 Å². The van der Waals surface area contributed by atoms with E-state index in [1.165, 1.54) is 4.31 Å². The quantitative estimate of drug-likeness (QED) is 0.620. The summed E-state index contributed by atoms with van der Waals surface area (Å²) in [7, 11) is -3.50. The number of fused-ring (bicyclic) bond motifs is 1. The second-order valence-corrected chi connectivity index (χ2v) is 8.51. The predicted molar refractivity (Wildman–Crippen MR) is 113 cm³/mol. The van der Waals surface area contributed by atoms with E-state index in [1.807, 2.05) is 45.0 Å². The molecule has 0 aliphatic rings. The number of para-hydroxylation sites is 2. The Morgan fingerprint density at radius 2 is 1.76 bits per heavy atom. The first kappa shape index (κ1) is 20.8. The summed E-state index contributed by atoms with van der Waals surface area (Å²) in [5.41, 5.74) is 5.11. The Hall–Kier alpha value is -2.91. The molecule has 154 valence electrons. The molecule has 8 nitrogen and oxygen atoms in total. The lowest BCUT2D eigenvalue weighted by molar-refractivity contribution is 0.247. The normalized spacial score (nSPS) is 12.8. The van der Waals surface area contributed by atoms with E-state index < -0.39 is 10.0 Å². The van der Waals surface area contributed by atoms with E-state index in [9.17, 15) is 13.2 Å². The summed E-state index contributed by atoms with van der Waals surface area (Å²) in [6, 6.07) is 13.4. The van der Waals surface area contributed by atoms with Crippen molar-refractivity contribution in [3.05, 3.63) is 60.4 Å². The van der Waals surface area contributed by atoms with Gasteiger partial charge in [0.25, 0.3) is 0 Å². The minimum absolute atomic E-state index is 0.242. The van der Waals surface area contributed by atoms with Crippen molar-refractivity contribution in [3.63, 3.8) is 0 Å². The fourth-order valence-corrected chi connectivity index (χ4v) is 4.57. The Bertz CT molecular complexity index is 1090. The van der Waals surface area contributed by atoms with Crippen LogP contribution in [0.25, 0.3) is 11.0 Å². The number of nitrogens with zero attached hydrogens (tertiary/aromatic N) is 3. The molecule has 0 aliphatic carbocycles. The Balaban J connectivity index is 1.67. The number of imidazole rings is 1. The van der Waals surface area contributed by atoms with Gasteiger partial charge in [-0.05, 0) is 36.8 Å². The molecule has 2 aromatic carbocycles. The Labute approximate surface area is 170 Å². The largest absolute Gasteiger partial charge is 0.334 e. The monoisotopic (exact) mass is 415 g/mol. The first-order valence-electron chi connectivity index (χ1n) is 9.46. The maximum absolute atomic E-state index is 12.6. The van der Waals surface area contributed by atoms with Crippen LogP contribution in [0.1, 0.15) is 32.4 Å². The Kier molecular flexibility index (Phi) is 6.19. The molecule has 1 heterocycles. The van der Waals surface area contributed by atoms with Gasteiger partial charge in [0.05, 0.1) is 22.0 Å². The molecule has 1 aromatic heterocycles. The van der Waals surface area contributed by atoms with Crippen LogP contribution in [0.15, 0.2) is 59.8 Å². The van der Waals surface area contributed by atoms with E-state index in [0.29, 0.717) is 13.1 Å². The summed E-state index contributed by atoms with van der Waals surface area (Å²) >= 11 is 0. The summed E-state index contributed by atoms with van der Waals surface area (Å²) in [4.78, 5) is 16.8. The second-order valence-electron chi connectivity index (χ2n) is 6.57. The minimum Gasteiger partial charge on any atom is -0.330 e. The van der Waals surface area contributed by atoms with Crippen LogP contribution < -0.4 is 10.7 Å². The van der Waals surface area contributed by atoms with Crippen molar-refractivity contribution in [3.8, 4) is 0 Å². The van der Waals surface area contributed by atoms with Gasteiger partial charge in [0.15, 0.2) is 0 Å². The van der Waals surface area contributed by atoms with Crippen LogP contribution in [0.5, 0.6) is 0 Å². The number of benzene rings is 2. The summed E-state index contributed by atoms with van der Waals surface area (Å²) in [6.45, 7) is 6.29. The molecule has 1 atom stereocenters. The third-order valence-corrected chi connectivity index (χ3v) is 6.81. The maximum atomic E-state index is 12.6. The van der Waals surface area contributed by atoms with Crippen molar-refractivity contribution in [1.29, 1.82) is 0 Å². The highest BCUT2D eigenvalue weighted by molar-refractivity contribution is 7.89. The molecular formula is C20H25N5O3S. The fourth-order valence-electron chi connectivity index (χ4n) is 3.11. The van der Waals surface area contributed by atoms with Crippen LogP contribution in [0.2, 0.25) is 0 Å². The fraction of sp³-hybridized carbons (Fsp3) is 0.300. The van der Waals surface area contributed by atoms with Gasteiger partial charge in [-0.2, -0.15) is 4.31 Å². The molecule has 3 aromatic rings. The minimum atomic E-state index is -3.50. The van der Waals surface area contributed by atoms with Crippen LogP contribution in [-0.4, -0.2) is 41.5 Å². The van der Waals surface area contributed by atoms with Crippen molar-refractivity contribution in [2.45, 2.75) is 31.7 Å². The third-order valence-electron chi connectivity index (χ3n) is 4.75. The highest BCUT2D eigenvalue weighted by Gasteiger charge is 2.21. The van der Waals surface area contributed by atoms with Gasteiger partial charge in [0, 0.05) is 13.1 Å². The van der Waals surface area contributed by atoms with Gasteiger partial charge in [0.2, 0.25) is 10.0 Å². The average Bonchev–Trinajstić information content (AvgIpc) is 3.11. The van der Waals surface area contributed by atoms with Gasteiger partial charge in [-0.25, -0.2) is 28.3 Å². The number of carbonyl (C=O) groups is 1. The van der Waals surface area contributed by atoms with Crippen LogP contribution in [-0.2, 0) is 10.0 Å². The maximum Gasteiger partial charge on any atom is 0.334 e. The van der Waals surface area contributed by atoms with E-state index >= 15 is 0 Å². The number of sulfonamides is 1. The number of aromatic nitrogens is 2. The molecule has 0 aliphatic heterocycles. The zero-order chi connectivity index (χ0) is 21.0. The molecule has 0 spiro atoms. The smallest absolute Gasteiger partial charge is 0.330 e. The van der Waals surface area contributed by atoms with Gasteiger partial charge in [-0.15, -0.1) is 0 Å². The highest BCUT2D eigenvalue weighted by Crippen LogP contribution is 2.19. The molecule has 0 unspecified atom stereocenters. The van der Waals surface area contributed by atoms with Crippen molar-refractivity contribution in [2.24, 2.45) is 0 Å². The SMILES string of the molecule is CCN(CC)S(=O)(=O)c1ccc([C@H](C)NC(=O)Nn2cnc3ccccc32)cc1. The number of urea groups is 1. The van der Waals surface area contributed by atoms with Gasteiger partial charge in [-0.3, -0.25) is 0 Å². The number of hydrogen-bond acceptors (Lipinski definition) is 4. The molecule has 0 saturated heterocycles. The van der Waals surface area contributed by atoms with Gasteiger partial charge in [-0.1, -0.05) is 38.1 Å². The number of amides is 2. The lowest BCUT2D eigenvalue weighted by atomic mass is 10.1. The third kappa shape index (κ3) is 4.41. The molecule has 9 heteroatoms. The van der Waals surface area contributed by atoms with E-state index in [1.54, 1.807) is 35.3 Å². The van der Waals surface area contributed by atoms with Gasteiger partial charge in [0.1, 0.15) is 6.33 Å². The summed E-state index contributed by atoms with van der Waals surface area (Å²) < 4.78 is 28.1. The summed E-state index contributed by atoms with van der Waals surface area (Å²) in [5.74, 6) is 0. The number of nitrogens with one attached hydrogen (secondary N) is 2. The van der Waals surface area contributed by atoms with Crippen molar-refractivity contribution in [2.75, 3.05) is 18.5 Å². The van der Waals surface area contributed by atoms with Crippen molar-refractivity contribution in [1.82, 2.24) is 19.3 Å². The first-order chi connectivity index (χ1) is 13.9. The van der Waals surface area contributed by atoms with Crippen molar-refractivity contribution >= 4 is 27.1 Å². The van der Waals surface area contributed by atoms with Crippen LogP contribution >= 0.6 is 0 Å². The second kappa shape index (κ2) is 8.62. The predicted octanol–water partition coefficient (Wildman–Crippen LogP) is 3.08. The molecule has 3 rings (SSSR count). The zero-order valence-electron chi connectivity index (χ0n) is 16.7.